The number of hydrogen-bond donors (Lipinski definition) is 2. The number of hydrazine groups is 1. The minimum absolute atomic E-state index is 0.00441. The lowest BCUT2D eigenvalue weighted by molar-refractivity contribution is -0.166. The molecule has 0 spiro atoms. The Morgan fingerprint density at radius 1 is 1.38 bits per heavy atom. The number of allylic oxidation sites excluding steroid dienone is 2. The van der Waals surface area contributed by atoms with E-state index >= 15 is 0 Å². The van der Waals surface area contributed by atoms with Crippen LogP contribution in [0.5, 0.6) is 0 Å². The molecule has 6 heteroatoms. The van der Waals surface area contributed by atoms with E-state index in [1.165, 1.54) is 0 Å². The fraction of sp³-hybridized carbons (Fsp3) is 0.733. The molecule has 1 heterocycles. The Kier molecular flexibility index (Phi) is 4.39. The molecule has 1 aliphatic carbocycles. The molecule has 1 amide bonds. The van der Waals surface area contributed by atoms with Gasteiger partial charge in [0.05, 0.1) is 19.1 Å². The van der Waals surface area contributed by atoms with E-state index in [0.717, 1.165) is 12.1 Å². The van der Waals surface area contributed by atoms with Gasteiger partial charge in [-0.25, -0.2) is 0 Å². The normalized spacial score (nSPS) is 31.7. The quantitative estimate of drug-likeness (QED) is 0.767. The van der Waals surface area contributed by atoms with Crippen LogP contribution < -0.4 is 10.9 Å². The maximum absolute atomic E-state index is 12.0. The number of amides is 1. The van der Waals surface area contributed by atoms with Gasteiger partial charge in [-0.15, -0.1) is 0 Å². The Morgan fingerprint density at radius 3 is 2.67 bits per heavy atom. The van der Waals surface area contributed by atoms with E-state index in [9.17, 15) is 9.59 Å². The SMILES string of the molecule is C[C@H]1CO[C@@](C)(CC(=O)NNC2=CC(=O)CC(C)(C)C2)O1. The summed E-state index contributed by atoms with van der Waals surface area (Å²) in [6, 6.07) is 0. The van der Waals surface area contributed by atoms with E-state index in [4.69, 9.17) is 9.47 Å². The van der Waals surface area contributed by atoms with Gasteiger partial charge in [0.2, 0.25) is 5.91 Å². The molecular formula is C15H24N2O4. The van der Waals surface area contributed by atoms with Crippen LogP contribution in [0, 0.1) is 5.41 Å². The Hall–Kier alpha value is -1.40. The molecule has 2 rings (SSSR count). The molecule has 21 heavy (non-hydrogen) atoms. The van der Waals surface area contributed by atoms with Crippen LogP contribution in [0.4, 0.5) is 0 Å². The highest BCUT2D eigenvalue weighted by atomic mass is 16.7. The van der Waals surface area contributed by atoms with Gasteiger partial charge in [0.15, 0.2) is 11.6 Å². The third kappa shape index (κ3) is 4.54. The number of ketones is 1. The zero-order valence-corrected chi connectivity index (χ0v) is 13.1. The summed E-state index contributed by atoms with van der Waals surface area (Å²) >= 11 is 0. The third-order valence-electron chi connectivity index (χ3n) is 3.58. The second kappa shape index (κ2) is 5.77. The van der Waals surface area contributed by atoms with Crippen molar-refractivity contribution in [3.8, 4) is 0 Å². The van der Waals surface area contributed by atoms with Crippen molar-refractivity contribution in [2.24, 2.45) is 5.41 Å². The number of ether oxygens (including phenoxy) is 2. The molecule has 2 aliphatic rings. The van der Waals surface area contributed by atoms with Gasteiger partial charge in [-0.05, 0) is 25.7 Å². The summed E-state index contributed by atoms with van der Waals surface area (Å²) in [5.41, 5.74) is 6.10. The molecule has 1 aliphatic heterocycles. The van der Waals surface area contributed by atoms with E-state index < -0.39 is 5.79 Å². The van der Waals surface area contributed by atoms with Crippen LogP contribution in [-0.4, -0.2) is 30.2 Å². The van der Waals surface area contributed by atoms with E-state index in [0.29, 0.717) is 13.0 Å². The highest BCUT2D eigenvalue weighted by Gasteiger charge is 2.37. The molecule has 0 unspecified atom stereocenters. The van der Waals surface area contributed by atoms with Crippen molar-refractivity contribution < 1.29 is 19.1 Å². The number of nitrogens with one attached hydrogen (secondary N) is 2. The van der Waals surface area contributed by atoms with Gasteiger partial charge < -0.3 is 14.9 Å². The van der Waals surface area contributed by atoms with E-state index in [1.54, 1.807) is 13.0 Å². The lowest BCUT2D eigenvalue weighted by Gasteiger charge is -2.29. The summed E-state index contributed by atoms with van der Waals surface area (Å²) in [5, 5.41) is 0. The Balaban J connectivity index is 1.83. The molecule has 0 aromatic carbocycles. The lowest BCUT2D eigenvalue weighted by Crippen LogP contribution is -2.43. The Morgan fingerprint density at radius 2 is 2.10 bits per heavy atom. The summed E-state index contributed by atoms with van der Waals surface area (Å²) in [7, 11) is 0. The average Bonchev–Trinajstić information content (AvgIpc) is 2.63. The molecule has 2 N–H and O–H groups in total. The first kappa shape index (κ1) is 16.0. The summed E-state index contributed by atoms with van der Waals surface area (Å²) in [6.45, 7) is 8.21. The summed E-state index contributed by atoms with van der Waals surface area (Å²) < 4.78 is 11.1. The smallest absolute Gasteiger partial charge is 0.243 e. The zero-order valence-electron chi connectivity index (χ0n) is 13.1. The van der Waals surface area contributed by atoms with Gasteiger partial charge in [-0.1, -0.05) is 13.8 Å². The molecule has 0 aromatic rings. The molecule has 0 saturated carbocycles. The molecule has 1 saturated heterocycles. The van der Waals surface area contributed by atoms with Crippen LogP contribution >= 0.6 is 0 Å². The number of rotatable bonds is 4. The van der Waals surface area contributed by atoms with E-state index in [1.807, 2.05) is 20.8 Å². The Bertz CT molecular complexity index is 472. The van der Waals surface area contributed by atoms with Gasteiger partial charge >= 0.3 is 0 Å². The first-order valence-electron chi connectivity index (χ1n) is 7.28. The number of carbonyl (C=O) groups is 2. The summed E-state index contributed by atoms with van der Waals surface area (Å²) in [5.74, 6) is -1.03. The molecule has 0 aromatic heterocycles. The van der Waals surface area contributed by atoms with Crippen LogP contribution in [0.25, 0.3) is 0 Å². The first-order chi connectivity index (χ1) is 9.67. The largest absolute Gasteiger partial charge is 0.347 e. The second-order valence-electron chi connectivity index (χ2n) is 6.88. The van der Waals surface area contributed by atoms with Crippen LogP contribution in [0.3, 0.4) is 0 Å². The maximum Gasteiger partial charge on any atom is 0.243 e. The Labute approximate surface area is 125 Å². The lowest BCUT2D eigenvalue weighted by atomic mass is 9.79. The van der Waals surface area contributed by atoms with Crippen molar-refractivity contribution in [1.82, 2.24) is 10.9 Å². The second-order valence-corrected chi connectivity index (χ2v) is 6.88. The molecule has 1 fully saturated rings. The van der Waals surface area contributed by atoms with Crippen LogP contribution in [0.2, 0.25) is 0 Å². The molecule has 0 radical (unpaired) electrons. The van der Waals surface area contributed by atoms with Crippen molar-refractivity contribution in [3.63, 3.8) is 0 Å². The molecule has 2 atom stereocenters. The van der Waals surface area contributed by atoms with Gasteiger partial charge in [0.1, 0.15) is 0 Å². The number of hydrogen-bond acceptors (Lipinski definition) is 5. The standard InChI is InChI=1S/C15H24N2O4/c1-10-9-20-15(4,21-10)8-13(19)17-16-11-5-12(18)7-14(2,3)6-11/h5,10,16H,6-9H2,1-4H3,(H,17,19)/t10-,15+/m0/s1. The van der Waals surface area contributed by atoms with Crippen molar-refractivity contribution in [1.29, 1.82) is 0 Å². The molecule has 118 valence electrons. The summed E-state index contributed by atoms with van der Waals surface area (Å²) in [4.78, 5) is 23.6. The van der Waals surface area contributed by atoms with Crippen molar-refractivity contribution >= 4 is 11.7 Å². The predicted octanol–water partition coefficient (Wildman–Crippen LogP) is 1.42. The monoisotopic (exact) mass is 296 g/mol. The highest BCUT2D eigenvalue weighted by Crippen LogP contribution is 2.32. The maximum atomic E-state index is 12.0. The van der Waals surface area contributed by atoms with Crippen LogP contribution in [0.1, 0.15) is 47.0 Å². The average molecular weight is 296 g/mol. The zero-order chi connectivity index (χ0) is 15.7. The minimum atomic E-state index is -0.874. The van der Waals surface area contributed by atoms with Crippen LogP contribution in [0.15, 0.2) is 11.8 Å². The molecule has 6 nitrogen and oxygen atoms in total. The number of carbonyl (C=O) groups excluding carboxylic acids is 2. The molecular weight excluding hydrogens is 272 g/mol. The fourth-order valence-corrected chi connectivity index (χ4v) is 2.79. The van der Waals surface area contributed by atoms with Crippen molar-refractivity contribution in [2.45, 2.75) is 58.8 Å². The molecule has 0 bridgehead atoms. The fourth-order valence-electron chi connectivity index (χ4n) is 2.79. The van der Waals surface area contributed by atoms with E-state index in [2.05, 4.69) is 10.9 Å². The van der Waals surface area contributed by atoms with Gasteiger partial charge in [0.25, 0.3) is 0 Å². The third-order valence-corrected chi connectivity index (χ3v) is 3.58. The predicted molar refractivity (Wildman–Crippen MR) is 76.9 cm³/mol. The van der Waals surface area contributed by atoms with Crippen LogP contribution in [-0.2, 0) is 19.1 Å². The summed E-state index contributed by atoms with van der Waals surface area (Å²) in [6.07, 6.45) is 2.91. The van der Waals surface area contributed by atoms with Crippen molar-refractivity contribution in [2.75, 3.05) is 6.61 Å². The highest BCUT2D eigenvalue weighted by molar-refractivity contribution is 5.91. The van der Waals surface area contributed by atoms with E-state index in [-0.39, 0.29) is 29.6 Å². The van der Waals surface area contributed by atoms with Gasteiger partial charge in [-0.3, -0.25) is 15.0 Å². The first-order valence-corrected chi connectivity index (χ1v) is 7.28. The minimum Gasteiger partial charge on any atom is -0.347 e. The van der Waals surface area contributed by atoms with Gasteiger partial charge in [0, 0.05) is 18.2 Å². The topological polar surface area (TPSA) is 76.7 Å². The van der Waals surface area contributed by atoms with Crippen molar-refractivity contribution in [3.05, 3.63) is 11.8 Å². The van der Waals surface area contributed by atoms with Gasteiger partial charge in [-0.2, -0.15) is 0 Å².